The van der Waals surface area contributed by atoms with E-state index in [0.29, 0.717) is 19.8 Å². The molecule has 0 aromatic carbocycles. The number of ether oxygens (including phenoxy) is 1. The summed E-state index contributed by atoms with van der Waals surface area (Å²) < 4.78 is 5.10. The second-order valence-electron chi connectivity index (χ2n) is 4.82. The summed E-state index contributed by atoms with van der Waals surface area (Å²) in [5, 5.41) is 0. The Labute approximate surface area is 111 Å². The van der Waals surface area contributed by atoms with Crippen molar-refractivity contribution in [2.24, 2.45) is 0 Å². The van der Waals surface area contributed by atoms with Crippen molar-refractivity contribution in [1.29, 1.82) is 0 Å². The predicted octanol–water partition coefficient (Wildman–Crippen LogP) is 1.53. The zero-order valence-electron chi connectivity index (χ0n) is 11.7. The average Bonchev–Trinajstić information content (AvgIpc) is 2.29. The molecule has 3 nitrogen and oxygen atoms in total. The van der Waals surface area contributed by atoms with Crippen LogP contribution in [0.3, 0.4) is 0 Å². The molecule has 0 saturated heterocycles. The number of hydrogen-bond acceptors (Lipinski definition) is 2. The summed E-state index contributed by atoms with van der Waals surface area (Å²) in [6, 6.07) is 0. The first-order valence-corrected chi connectivity index (χ1v) is 9.29. The minimum atomic E-state index is -1.49. The van der Waals surface area contributed by atoms with Crippen molar-refractivity contribution < 1.29 is 9.53 Å². The monoisotopic (exact) mass is 263 g/mol. The topological polar surface area (TPSA) is 29.5 Å². The molecular formula is C14H21NO2Si. The zero-order chi connectivity index (χ0) is 14.0. The van der Waals surface area contributed by atoms with E-state index in [-0.39, 0.29) is 5.91 Å². The van der Waals surface area contributed by atoms with Crippen LogP contribution in [-0.2, 0) is 9.53 Å². The molecule has 0 aliphatic rings. The number of rotatable bonds is 4. The first kappa shape index (κ1) is 16.5. The first-order valence-electron chi connectivity index (χ1n) is 5.79. The Morgan fingerprint density at radius 1 is 1.39 bits per heavy atom. The van der Waals surface area contributed by atoms with Crippen molar-refractivity contribution in [1.82, 2.24) is 4.90 Å². The van der Waals surface area contributed by atoms with Gasteiger partial charge in [-0.25, -0.2) is 0 Å². The smallest absolute Gasteiger partial charge is 0.298 e. The summed E-state index contributed by atoms with van der Waals surface area (Å²) in [6.45, 7) is 11.1. The molecule has 0 aromatic rings. The summed E-state index contributed by atoms with van der Waals surface area (Å²) in [7, 11) is 0.202. The molecule has 0 heterocycles. The van der Waals surface area contributed by atoms with E-state index in [1.165, 1.54) is 4.90 Å². The molecule has 0 spiro atoms. The normalized spacial score (nSPS) is 9.56. The van der Waals surface area contributed by atoms with E-state index < -0.39 is 8.07 Å². The maximum absolute atomic E-state index is 11.6. The largest absolute Gasteiger partial charge is 0.365 e. The molecule has 0 radical (unpaired) electrons. The van der Waals surface area contributed by atoms with Crippen LogP contribution in [0.15, 0.2) is 12.7 Å². The van der Waals surface area contributed by atoms with Gasteiger partial charge in [-0.2, -0.15) is 0 Å². The fourth-order valence-corrected chi connectivity index (χ4v) is 1.31. The van der Waals surface area contributed by atoms with Crippen molar-refractivity contribution in [2.75, 3.05) is 26.8 Å². The Morgan fingerprint density at radius 2 is 2.06 bits per heavy atom. The van der Waals surface area contributed by atoms with Gasteiger partial charge in [0.25, 0.3) is 5.91 Å². The van der Waals surface area contributed by atoms with Crippen LogP contribution in [0.1, 0.15) is 0 Å². The number of amides is 1. The van der Waals surface area contributed by atoms with Crippen molar-refractivity contribution in [3.05, 3.63) is 12.7 Å². The van der Waals surface area contributed by atoms with Crippen LogP contribution in [0.4, 0.5) is 0 Å². The van der Waals surface area contributed by atoms with E-state index in [2.05, 4.69) is 49.5 Å². The number of hydrogen-bond donors (Lipinski definition) is 0. The maximum atomic E-state index is 11.6. The lowest BCUT2D eigenvalue weighted by Crippen LogP contribution is -2.26. The van der Waals surface area contributed by atoms with Gasteiger partial charge in [-0.3, -0.25) is 4.79 Å². The van der Waals surface area contributed by atoms with E-state index in [9.17, 15) is 4.79 Å². The van der Waals surface area contributed by atoms with Crippen molar-refractivity contribution >= 4 is 14.0 Å². The highest BCUT2D eigenvalue weighted by molar-refractivity contribution is 6.84. The van der Waals surface area contributed by atoms with Crippen LogP contribution in [0.2, 0.25) is 19.6 Å². The molecule has 98 valence electrons. The van der Waals surface area contributed by atoms with Gasteiger partial charge in [0.05, 0.1) is 13.2 Å². The van der Waals surface area contributed by atoms with Crippen LogP contribution in [0.25, 0.3) is 0 Å². The van der Waals surface area contributed by atoms with Crippen molar-refractivity contribution in [3.63, 3.8) is 0 Å². The second-order valence-corrected chi connectivity index (χ2v) is 9.57. The second kappa shape index (κ2) is 8.58. The molecule has 0 aliphatic heterocycles. The maximum Gasteiger partial charge on any atom is 0.298 e. The molecule has 0 atom stereocenters. The van der Waals surface area contributed by atoms with Gasteiger partial charge in [-0.1, -0.05) is 37.6 Å². The van der Waals surface area contributed by atoms with Gasteiger partial charge in [-0.15, -0.1) is 12.1 Å². The van der Waals surface area contributed by atoms with Gasteiger partial charge >= 0.3 is 0 Å². The van der Waals surface area contributed by atoms with Gasteiger partial charge in [0.1, 0.15) is 14.7 Å². The summed E-state index contributed by atoms with van der Waals surface area (Å²) in [5.41, 5.74) is 3.03. The molecule has 1 amide bonds. The molecular weight excluding hydrogens is 242 g/mol. The van der Waals surface area contributed by atoms with Crippen LogP contribution in [0.5, 0.6) is 0 Å². The predicted molar refractivity (Wildman–Crippen MR) is 77.6 cm³/mol. The number of carbonyl (C=O) groups is 1. The summed E-state index contributed by atoms with van der Waals surface area (Å²) in [5.74, 6) is 8.17. The molecule has 18 heavy (non-hydrogen) atoms. The first-order chi connectivity index (χ1) is 8.37. The molecule has 0 saturated carbocycles. The minimum Gasteiger partial charge on any atom is -0.365 e. The Bertz CT molecular complexity index is 401. The summed E-state index contributed by atoms with van der Waals surface area (Å²) in [6.07, 6.45) is 1.67. The third kappa shape index (κ3) is 9.71. The van der Waals surface area contributed by atoms with Crippen molar-refractivity contribution in [3.8, 4) is 23.3 Å². The van der Waals surface area contributed by atoms with Gasteiger partial charge in [-0.05, 0) is 5.92 Å². The van der Waals surface area contributed by atoms with Crippen LogP contribution >= 0.6 is 0 Å². The van der Waals surface area contributed by atoms with Crippen LogP contribution < -0.4 is 0 Å². The van der Waals surface area contributed by atoms with Crippen LogP contribution in [0, 0.1) is 23.3 Å². The molecule has 0 rings (SSSR count). The third-order valence-corrected chi connectivity index (χ3v) is 2.62. The zero-order valence-corrected chi connectivity index (χ0v) is 12.7. The third-order valence-electron chi connectivity index (χ3n) is 1.74. The lowest BCUT2D eigenvalue weighted by atomic mass is 10.5. The highest BCUT2D eigenvalue weighted by atomic mass is 28.3. The van der Waals surface area contributed by atoms with Crippen LogP contribution in [-0.4, -0.2) is 45.7 Å². The van der Waals surface area contributed by atoms with E-state index in [4.69, 9.17) is 4.74 Å². The summed E-state index contributed by atoms with van der Waals surface area (Å²) in [4.78, 5) is 13.1. The average molecular weight is 263 g/mol. The van der Waals surface area contributed by atoms with Gasteiger partial charge in [0.15, 0.2) is 0 Å². The Morgan fingerprint density at radius 3 is 2.61 bits per heavy atom. The highest BCUT2D eigenvalue weighted by Crippen LogP contribution is 1.96. The molecule has 0 N–H and O–H groups in total. The fourth-order valence-electron chi connectivity index (χ4n) is 0.827. The molecule has 0 bridgehead atoms. The minimum absolute atomic E-state index is 0.182. The van der Waals surface area contributed by atoms with E-state index in [1.807, 2.05) is 0 Å². The number of carbonyl (C=O) groups excluding carboxylic acids is 1. The Balaban J connectivity index is 4.08. The molecule has 4 heteroatoms. The Kier molecular flexibility index (Phi) is 7.86. The standard InChI is InChI=1S/C14H21NO2Si/c1-6-11-17-12-8-7-10-15(2)14(16)9-13-18(3,4)5/h6H,1,10-12H2,2-5H3. The molecule has 0 aromatic heterocycles. The van der Waals surface area contributed by atoms with E-state index in [0.717, 1.165) is 0 Å². The summed E-state index contributed by atoms with van der Waals surface area (Å²) >= 11 is 0. The highest BCUT2D eigenvalue weighted by Gasteiger charge is 2.09. The molecule has 0 unspecified atom stereocenters. The lowest BCUT2D eigenvalue weighted by Gasteiger charge is -2.09. The SMILES string of the molecule is C=CCOCC#CCN(C)C(=O)C#C[Si](C)(C)C. The molecule has 0 aliphatic carbocycles. The quantitative estimate of drug-likeness (QED) is 0.333. The van der Waals surface area contributed by atoms with Crippen molar-refractivity contribution in [2.45, 2.75) is 19.6 Å². The van der Waals surface area contributed by atoms with Gasteiger partial charge < -0.3 is 9.64 Å². The number of nitrogens with zero attached hydrogens (tertiary/aromatic N) is 1. The van der Waals surface area contributed by atoms with E-state index in [1.54, 1.807) is 13.1 Å². The fraction of sp³-hybridized carbons (Fsp3) is 0.500. The lowest BCUT2D eigenvalue weighted by molar-refractivity contribution is -0.123. The van der Waals surface area contributed by atoms with Gasteiger partial charge in [0, 0.05) is 7.05 Å². The Hall–Kier alpha value is -1.49. The molecule has 0 fully saturated rings. The van der Waals surface area contributed by atoms with Gasteiger partial charge in [0.2, 0.25) is 0 Å². The van der Waals surface area contributed by atoms with E-state index >= 15 is 0 Å².